The van der Waals surface area contributed by atoms with Crippen LogP contribution in [0.2, 0.25) is 0 Å². The second-order valence-corrected chi connectivity index (χ2v) is 6.31. The van der Waals surface area contributed by atoms with E-state index >= 15 is 0 Å². The van der Waals surface area contributed by atoms with E-state index < -0.39 is 24.7 Å². The second kappa shape index (κ2) is 9.35. The van der Waals surface area contributed by atoms with Crippen LogP contribution in [0.25, 0.3) is 0 Å². The lowest BCUT2D eigenvalue weighted by atomic mass is 10.1. The van der Waals surface area contributed by atoms with E-state index in [1.54, 1.807) is 32.9 Å². The minimum absolute atomic E-state index is 0.0292. The number of alkyl halides is 3. The van der Waals surface area contributed by atoms with Gasteiger partial charge < -0.3 is 15.4 Å². The van der Waals surface area contributed by atoms with E-state index in [0.29, 0.717) is 17.9 Å². The van der Waals surface area contributed by atoms with Crippen molar-refractivity contribution in [3.8, 4) is 5.75 Å². The van der Waals surface area contributed by atoms with Gasteiger partial charge in [-0.15, -0.1) is 0 Å². The lowest BCUT2D eigenvalue weighted by molar-refractivity contribution is -0.153. The fourth-order valence-electron chi connectivity index (χ4n) is 2.36. The van der Waals surface area contributed by atoms with E-state index in [1.807, 2.05) is 0 Å². The molecule has 156 valence electrons. The highest BCUT2D eigenvalue weighted by atomic mass is 19.4. The number of carbonyl (C=O) groups is 2. The molecule has 1 unspecified atom stereocenters. The average Bonchev–Trinajstić information content (AvgIpc) is 2.65. The van der Waals surface area contributed by atoms with Gasteiger partial charge in [-0.3, -0.25) is 9.59 Å². The molecule has 0 aliphatic heterocycles. The predicted octanol–water partition coefficient (Wildman–Crippen LogP) is 3.57. The first-order valence-electron chi connectivity index (χ1n) is 8.82. The van der Waals surface area contributed by atoms with E-state index in [-0.39, 0.29) is 17.4 Å². The number of hydrogen-bond donors (Lipinski definition) is 2. The molecule has 29 heavy (non-hydrogen) atoms. The molecule has 0 radical (unpaired) electrons. The predicted molar refractivity (Wildman–Crippen MR) is 99.6 cm³/mol. The molecule has 0 bridgehead atoms. The minimum atomic E-state index is -4.45. The zero-order chi connectivity index (χ0) is 21.6. The Kier molecular flexibility index (Phi) is 7.13. The first-order valence-corrected chi connectivity index (χ1v) is 8.82. The fourth-order valence-corrected chi connectivity index (χ4v) is 2.36. The highest BCUT2D eigenvalue weighted by molar-refractivity contribution is 5.92. The molecule has 2 aromatic heterocycles. The largest absolute Gasteiger partial charge is 0.483 e. The molecule has 2 amide bonds. The van der Waals surface area contributed by atoms with Gasteiger partial charge in [0.05, 0.1) is 12.2 Å². The molecule has 2 rings (SSSR count). The molecular weight excluding hydrogens is 389 g/mol. The molecule has 0 spiro atoms. The van der Waals surface area contributed by atoms with E-state index in [9.17, 15) is 22.8 Å². The van der Waals surface area contributed by atoms with Gasteiger partial charge in [0.2, 0.25) is 5.91 Å². The number of hydrogen-bond acceptors (Lipinski definition) is 5. The number of rotatable bonds is 7. The molecule has 2 heterocycles. The third-order valence-corrected chi connectivity index (χ3v) is 3.78. The summed E-state index contributed by atoms with van der Waals surface area (Å²) in [4.78, 5) is 32.0. The van der Waals surface area contributed by atoms with Crippen molar-refractivity contribution in [3.63, 3.8) is 0 Å². The Labute approximate surface area is 165 Å². The summed E-state index contributed by atoms with van der Waals surface area (Å²) in [6.45, 7) is 3.80. The summed E-state index contributed by atoms with van der Waals surface area (Å²) in [5.41, 5.74) is 1.42. The topological polar surface area (TPSA) is 93.2 Å². The van der Waals surface area contributed by atoms with Crippen molar-refractivity contribution in [2.24, 2.45) is 0 Å². The van der Waals surface area contributed by atoms with E-state index in [4.69, 9.17) is 0 Å². The number of halogens is 3. The molecule has 1 atom stereocenters. The summed E-state index contributed by atoms with van der Waals surface area (Å²) in [5.74, 6) is -0.388. The lowest BCUT2D eigenvalue weighted by Crippen LogP contribution is -2.27. The molecule has 0 aliphatic rings. The number of aromatic nitrogens is 2. The van der Waals surface area contributed by atoms with Gasteiger partial charge in [0, 0.05) is 12.1 Å². The number of anilines is 1. The highest BCUT2D eigenvalue weighted by Gasteiger charge is 2.28. The Morgan fingerprint density at radius 1 is 1.24 bits per heavy atom. The van der Waals surface area contributed by atoms with Gasteiger partial charge in [0.15, 0.2) is 6.61 Å². The van der Waals surface area contributed by atoms with Gasteiger partial charge in [-0.2, -0.15) is 13.2 Å². The Hall–Kier alpha value is -3.17. The molecule has 0 fully saturated rings. The monoisotopic (exact) mass is 410 g/mol. The van der Waals surface area contributed by atoms with Crippen molar-refractivity contribution >= 4 is 17.6 Å². The van der Waals surface area contributed by atoms with Crippen LogP contribution in [-0.2, 0) is 4.79 Å². The number of amides is 2. The van der Waals surface area contributed by atoms with Crippen LogP contribution in [0.4, 0.5) is 19.0 Å². The fraction of sp³-hybridized carbons (Fsp3) is 0.368. The van der Waals surface area contributed by atoms with Crippen molar-refractivity contribution in [2.75, 3.05) is 11.9 Å². The van der Waals surface area contributed by atoms with Crippen LogP contribution in [0.5, 0.6) is 5.75 Å². The van der Waals surface area contributed by atoms with Gasteiger partial charge in [-0.1, -0.05) is 6.92 Å². The maximum atomic E-state index is 12.4. The van der Waals surface area contributed by atoms with Crippen molar-refractivity contribution in [1.29, 1.82) is 0 Å². The minimum Gasteiger partial charge on any atom is -0.483 e. The maximum Gasteiger partial charge on any atom is 0.422 e. The maximum absolute atomic E-state index is 12.4. The molecule has 0 saturated heterocycles. The van der Waals surface area contributed by atoms with Crippen molar-refractivity contribution < 1.29 is 27.5 Å². The molecule has 7 nitrogen and oxygen atoms in total. The van der Waals surface area contributed by atoms with Crippen LogP contribution >= 0.6 is 0 Å². The van der Waals surface area contributed by atoms with Gasteiger partial charge >= 0.3 is 6.18 Å². The number of nitrogens with zero attached hydrogens (tertiary/aromatic N) is 2. The molecule has 0 aromatic carbocycles. The second-order valence-electron chi connectivity index (χ2n) is 6.31. The van der Waals surface area contributed by atoms with Crippen LogP contribution < -0.4 is 15.4 Å². The zero-order valence-corrected chi connectivity index (χ0v) is 16.1. The van der Waals surface area contributed by atoms with E-state index in [1.165, 1.54) is 12.1 Å². The number of pyridine rings is 2. The molecule has 2 N–H and O–H groups in total. The first-order chi connectivity index (χ1) is 13.6. The third kappa shape index (κ3) is 7.05. The number of ether oxygens (including phenoxy) is 1. The quantitative estimate of drug-likeness (QED) is 0.728. The summed E-state index contributed by atoms with van der Waals surface area (Å²) in [5, 5.41) is 5.42. The molecule has 0 aliphatic carbocycles. The van der Waals surface area contributed by atoms with Crippen LogP contribution in [0.1, 0.15) is 48.1 Å². The number of nitrogens with one attached hydrogen (secondary N) is 2. The SMILES string of the molecule is CCC(=O)Nc1cc(C(C)NC(=O)c2ccc(OCC(F)(F)F)cn2)cc(C)n1. The summed E-state index contributed by atoms with van der Waals surface area (Å²) in [7, 11) is 0. The summed E-state index contributed by atoms with van der Waals surface area (Å²) in [6, 6.07) is 5.52. The lowest BCUT2D eigenvalue weighted by Gasteiger charge is -2.16. The van der Waals surface area contributed by atoms with Crippen LogP contribution in [0, 0.1) is 6.92 Å². The Bertz CT molecular complexity index is 870. The molecular formula is C19H21F3N4O3. The van der Waals surface area contributed by atoms with Gasteiger partial charge in [-0.05, 0) is 43.7 Å². The molecule has 10 heteroatoms. The van der Waals surface area contributed by atoms with Crippen molar-refractivity contribution in [2.45, 2.75) is 39.4 Å². The standard InChI is InChI=1S/C19H21F3N4O3/c1-4-17(27)26-16-8-13(7-11(2)24-16)12(3)25-18(28)15-6-5-14(9-23-15)29-10-19(20,21)22/h5-9,12H,4,10H2,1-3H3,(H,25,28)(H,24,26,27). The van der Waals surface area contributed by atoms with Crippen molar-refractivity contribution in [1.82, 2.24) is 15.3 Å². The van der Waals surface area contributed by atoms with E-state index in [0.717, 1.165) is 11.8 Å². The summed E-state index contributed by atoms with van der Waals surface area (Å²) >= 11 is 0. The number of aryl methyl sites for hydroxylation is 1. The Morgan fingerprint density at radius 2 is 1.97 bits per heavy atom. The van der Waals surface area contributed by atoms with Crippen molar-refractivity contribution in [3.05, 3.63) is 47.4 Å². The smallest absolute Gasteiger partial charge is 0.422 e. The molecule has 0 saturated carbocycles. The van der Waals surface area contributed by atoms with Gasteiger partial charge in [-0.25, -0.2) is 9.97 Å². The van der Waals surface area contributed by atoms with Gasteiger partial charge in [0.25, 0.3) is 5.91 Å². The number of carbonyl (C=O) groups excluding carboxylic acids is 2. The Balaban J connectivity index is 2.04. The summed E-state index contributed by atoms with van der Waals surface area (Å²) in [6.07, 6.45) is -3.09. The average molecular weight is 410 g/mol. The zero-order valence-electron chi connectivity index (χ0n) is 16.1. The molecule has 2 aromatic rings. The normalized spacial score (nSPS) is 12.2. The van der Waals surface area contributed by atoms with E-state index in [2.05, 4.69) is 25.3 Å². The first kappa shape index (κ1) is 22.1. The Morgan fingerprint density at radius 3 is 2.55 bits per heavy atom. The van der Waals surface area contributed by atoms with Crippen LogP contribution in [0.3, 0.4) is 0 Å². The van der Waals surface area contributed by atoms with Gasteiger partial charge in [0.1, 0.15) is 17.3 Å². The summed E-state index contributed by atoms with van der Waals surface area (Å²) < 4.78 is 41.1. The highest BCUT2D eigenvalue weighted by Crippen LogP contribution is 2.20. The third-order valence-electron chi connectivity index (χ3n) is 3.78. The van der Waals surface area contributed by atoms with Crippen LogP contribution in [0.15, 0.2) is 30.5 Å². The van der Waals surface area contributed by atoms with Crippen LogP contribution in [-0.4, -0.2) is 34.6 Å².